The maximum atomic E-state index is 12.7. The van der Waals surface area contributed by atoms with E-state index in [0.717, 1.165) is 16.9 Å². The Morgan fingerprint density at radius 1 is 1.21 bits per heavy atom. The number of thiophene rings is 1. The van der Waals surface area contributed by atoms with Gasteiger partial charge in [0.15, 0.2) is 11.6 Å². The van der Waals surface area contributed by atoms with Crippen LogP contribution in [0, 0.1) is 6.92 Å². The van der Waals surface area contributed by atoms with Crippen LogP contribution in [-0.2, 0) is 6.42 Å². The average molecular weight is 392 g/mol. The number of fused-ring (bicyclic) bond motifs is 1. The number of nitrogens with zero attached hydrogens (tertiary/aromatic N) is 2. The van der Waals surface area contributed by atoms with Gasteiger partial charge in [0.1, 0.15) is 10.7 Å². The maximum absolute atomic E-state index is 12.7. The van der Waals surface area contributed by atoms with Crippen LogP contribution < -0.4 is 10.9 Å². The molecule has 0 saturated heterocycles. The molecule has 1 aromatic carbocycles. The fourth-order valence-corrected chi connectivity index (χ4v) is 4.03. The van der Waals surface area contributed by atoms with Crippen LogP contribution in [0.3, 0.4) is 0 Å². The van der Waals surface area contributed by atoms with Crippen LogP contribution in [0.1, 0.15) is 26.6 Å². The summed E-state index contributed by atoms with van der Waals surface area (Å²) in [6, 6.07) is 12.7. The van der Waals surface area contributed by atoms with E-state index in [0.29, 0.717) is 32.9 Å². The van der Waals surface area contributed by atoms with Crippen molar-refractivity contribution in [3.63, 3.8) is 0 Å². The van der Waals surface area contributed by atoms with Crippen molar-refractivity contribution in [3.8, 4) is 5.75 Å². The number of carbonyl (C=O) groups excluding carboxylic acids is 1. The van der Waals surface area contributed by atoms with Crippen LogP contribution in [0.15, 0.2) is 53.5 Å². The second-order valence-corrected chi connectivity index (χ2v) is 7.24. The first kappa shape index (κ1) is 17.9. The van der Waals surface area contributed by atoms with Gasteiger partial charge >= 0.3 is 0 Å². The second-order valence-electron chi connectivity index (χ2n) is 6.24. The lowest BCUT2D eigenvalue weighted by atomic mass is 10.1. The smallest absolute Gasteiger partial charge is 0.267 e. The number of benzene rings is 1. The fraction of sp³-hybridized carbons (Fsp3) is 0.100. The van der Waals surface area contributed by atoms with Crippen LogP contribution in [0.4, 0.5) is 5.82 Å². The Morgan fingerprint density at radius 3 is 2.75 bits per heavy atom. The quantitative estimate of drug-likeness (QED) is 0.494. The van der Waals surface area contributed by atoms with Crippen LogP contribution in [0.2, 0.25) is 0 Å². The predicted molar refractivity (Wildman–Crippen MR) is 108 cm³/mol. The number of pyridine rings is 1. The highest BCUT2D eigenvalue weighted by Crippen LogP contribution is 2.29. The van der Waals surface area contributed by atoms with Crippen molar-refractivity contribution in [2.75, 3.05) is 5.32 Å². The summed E-state index contributed by atoms with van der Waals surface area (Å²) in [6.45, 7) is 1.71. The van der Waals surface area contributed by atoms with Gasteiger partial charge in [-0.05, 0) is 30.2 Å². The maximum Gasteiger partial charge on any atom is 0.267 e. The molecule has 3 heterocycles. The zero-order chi connectivity index (χ0) is 19.7. The number of aryl methyl sites for hydroxylation is 1. The van der Waals surface area contributed by atoms with Gasteiger partial charge in [-0.15, -0.1) is 11.3 Å². The number of rotatable bonds is 4. The minimum Gasteiger partial charge on any atom is -0.504 e. The number of anilines is 1. The van der Waals surface area contributed by atoms with E-state index in [-0.39, 0.29) is 17.1 Å². The number of amides is 1. The SMILES string of the molecule is Cc1c(C(=O)Nc2ncccc2O)sc2nc(Cc3ccccc3)[nH]c(=O)c12. The molecule has 0 spiro atoms. The monoisotopic (exact) mass is 392 g/mol. The largest absolute Gasteiger partial charge is 0.504 e. The van der Waals surface area contributed by atoms with E-state index in [9.17, 15) is 14.7 Å². The zero-order valence-corrected chi connectivity index (χ0v) is 15.7. The van der Waals surface area contributed by atoms with E-state index in [1.54, 1.807) is 13.0 Å². The van der Waals surface area contributed by atoms with Crippen molar-refractivity contribution in [1.29, 1.82) is 0 Å². The number of hydrogen-bond donors (Lipinski definition) is 3. The lowest BCUT2D eigenvalue weighted by molar-refractivity contribution is 0.102. The molecule has 7 nitrogen and oxygen atoms in total. The topological polar surface area (TPSA) is 108 Å². The number of aromatic nitrogens is 3. The Morgan fingerprint density at radius 2 is 2.00 bits per heavy atom. The molecule has 4 rings (SSSR count). The van der Waals surface area contributed by atoms with E-state index in [4.69, 9.17) is 0 Å². The van der Waals surface area contributed by atoms with Gasteiger partial charge < -0.3 is 15.4 Å². The van der Waals surface area contributed by atoms with Gasteiger partial charge in [-0.1, -0.05) is 30.3 Å². The lowest BCUT2D eigenvalue weighted by Gasteiger charge is -2.04. The highest BCUT2D eigenvalue weighted by Gasteiger charge is 2.20. The number of carbonyl (C=O) groups is 1. The van der Waals surface area contributed by atoms with Gasteiger partial charge in [-0.25, -0.2) is 9.97 Å². The predicted octanol–water partition coefficient (Wildman–Crippen LogP) is 3.24. The van der Waals surface area contributed by atoms with Crippen LogP contribution in [0.25, 0.3) is 10.2 Å². The summed E-state index contributed by atoms with van der Waals surface area (Å²) in [5.41, 5.74) is 1.30. The molecule has 1 amide bonds. The molecule has 0 bridgehead atoms. The first-order valence-electron chi connectivity index (χ1n) is 8.54. The van der Waals surface area contributed by atoms with Crippen molar-refractivity contribution in [1.82, 2.24) is 15.0 Å². The van der Waals surface area contributed by atoms with Gasteiger partial charge in [0.2, 0.25) is 0 Å². The summed E-state index contributed by atoms with van der Waals surface area (Å²) in [6.07, 6.45) is 1.96. The van der Waals surface area contributed by atoms with Crippen molar-refractivity contribution >= 4 is 33.3 Å². The number of aromatic hydroxyl groups is 1. The summed E-state index contributed by atoms with van der Waals surface area (Å²) < 4.78 is 0. The lowest BCUT2D eigenvalue weighted by Crippen LogP contribution is -2.14. The van der Waals surface area contributed by atoms with Gasteiger partial charge in [-0.3, -0.25) is 9.59 Å². The highest BCUT2D eigenvalue weighted by atomic mass is 32.1. The third-order valence-corrected chi connectivity index (χ3v) is 5.47. The molecule has 0 atom stereocenters. The Kier molecular flexibility index (Phi) is 4.62. The molecule has 0 aliphatic rings. The molecule has 28 heavy (non-hydrogen) atoms. The summed E-state index contributed by atoms with van der Waals surface area (Å²) in [5, 5.41) is 12.8. The number of aromatic amines is 1. The Bertz CT molecular complexity index is 1230. The van der Waals surface area contributed by atoms with E-state index >= 15 is 0 Å². The van der Waals surface area contributed by atoms with Gasteiger partial charge in [-0.2, -0.15) is 0 Å². The first-order chi connectivity index (χ1) is 13.5. The number of H-pyrrole nitrogens is 1. The molecule has 0 unspecified atom stereocenters. The highest BCUT2D eigenvalue weighted by molar-refractivity contribution is 7.20. The Labute approximate surface area is 163 Å². The summed E-state index contributed by atoms with van der Waals surface area (Å²) in [4.78, 5) is 37.4. The summed E-state index contributed by atoms with van der Waals surface area (Å²) in [7, 11) is 0. The van der Waals surface area contributed by atoms with Gasteiger partial charge in [0, 0.05) is 12.6 Å². The molecular formula is C20H16N4O3S. The van der Waals surface area contributed by atoms with Crippen LogP contribution in [-0.4, -0.2) is 26.0 Å². The summed E-state index contributed by atoms with van der Waals surface area (Å²) >= 11 is 1.14. The van der Waals surface area contributed by atoms with E-state index < -0.39 is 5.91 Å². The third-order valence-electron chi connectivity index (χ3n) is 4.29. The van der Waals surface area contributed by atoms with Crippen LogP contribution >= 0.6 is 11.3 Å². The number of hydrogen-bond acceptors (Lipinski definition) is 6. The molecule has 4 aromatic rings. The molecule has 3 N–H and O–H groups in total. The molecule has 140 valence electrons. The van der Waals surface area contributed by atoms with E-state index in [2.05, 4.69) is 20.3 Å². The molecule has 8 heteroatoms. The second kappa shape index (κ2) is 7.24. The molecule has 3 aromatic heterocycles. The van der Waals surface area contributed by atoms with E-state index in [1.165, 1.54) is 12.3 Å². The summed E-state index contributed by atoms with van der Waals surface area (Å²) in [5.74, 6) is 0.0320. The van der Waals surface area contributed by atoms with E-state index in [1.807, 2.05) is 30.3 Å². The third kappa shape index (κ3) is 3.37. The number of nitrogens with one attached hydrogen (secondary N) is 2. The average Bonchev–Trinajstić information content (AvgIpc) is 3.01. The normalized spacial score (nSPS) is 10.9. The minimum absolute atomic E-state index is 0.0657. The van der Waals surface area contributed by atoms with Crippen molar-refractivity contribution in [2.45, 2.75) is 13.3 Å². The molecule has 0 radical (unpaired) electrons. The standard InChI is InChI=1S/C20H16N4O3S/c1-11-15-18(26)22-14(10-12-6-3-2-4-7-12)23-20(15)28-16(11)19(27)24-17-13(25)8-5-9-21-17/h2-9,25H,10H2,1H3,(H,21,24,27)(H,22,23,26). The van der Waals surface area contributed by atoms with Crippen molar-refractivity contribution in [3.05, 3.63) is 80.8 Å². The Hall–Kier alpha value is -3.52. The van der Waals surface area contributed by atoms with Gasteiger partial charge in [0.25, 0.3) is 11.5 Å². The van der Waals surface area contributed by atoms with Crippen molar-refractivity contribution in [2.24, 2.45) is 0 Å². The van der Waals surface area contributed by atoms with Crippen LogP contribution in [0.5, 0.6) is 5.75 Å². The minimum atomic E-state index is -0.446. The molecular weight excluding hydrogens is 376 g/mol. The molecule has 0 saturated carbocycles. The van der Waals surface area contributed by atoms with Crippen molar-refractivity contribution < 1.29 is 9.90 Å². The zero-order valence-electron chi connectivity index (χ0n) is 14.9. The Balaban J connectivity index is 1.70. The molecule has 0 fully saturated rings. The molecule has 0 aliphatic carbocycles. The first-order valence-corrected chi connectivity index (χ1v) is 9.36. The molecule has 0 aliphatic heterocycles. The fourth-order valence-electron chi connectivity index (χ4n) is 2.94. The van der Waals surface area contributed by atoms with Gasteiger partial charge in [0.05, 0.1) is 10.3 Å².